The molecule has 0 bridgehead atoms. The maximum absolute atomic E-state index is 6.25. The van der Waals surface area contributed by atoms with Gasteiger partial charge >= 0.3 is 0 Å². The number of thiophene rings is 1. The average Bonchev–Trinajstić information content (AvgIpc) is 2.98. The number of fused-ring (bicyclic) bond motifs is 1. The summed E-state index contributed by atoms with van der Waals surface area (Å²) < 4.78 is 12.1. The van der Waals surface area contributed by atoms with Gasteiger partial charge in [0, 0.05) is 31.7 Å². The maximum atomic E-state index is 6.25. The minimum Gasteiger partial charge on any atom is -0.379 e. The monoisotopic (exact) mass is 368 g/mol. The summed E-state index contributed by atoms with van der Waals surface area (Å²) in [7, 11) is 0. The normalized spacial score (nSPS) is 23.1. The van der Waals surface area contributed by atoms with E-state index in [4.69, 9.17) is 21.1 Å². The molecule has 1 atom stereocenters. The molecule has 4 rings (SSSR count). The molecule has 2 aromatic heterocycles. The lowest BCUT2D eigenvalue weighted by Gasteiger charge is -2.34. The molecule has 0 N–H and O–H groups in total. The molecule has 24 heavy (non-hydrogen) atoms. The summed E-state index contributed by atoms with van der Waals surface area (Å²) in [6, 6.07) is 0.290. The van der Waals surface area contributed by atoms with E-state index < -0.39 is 0 Å². The standard InChI is InChI=1S/C16H21ClN4O2S/c1-11-9-23-7-4-21(11)15-14-13(18-16(17)19-15)12(10-24-14)8-20-2-5-22-6-3-20/h10-11H,2-9H2,1H3/t11-/m1/s1. The minimum absolute atomic E-state index is 0.290. The number of rotatable bonds is 3. The quantitative estimate of drug-likeness (QED) is 0.775. The van der Waals surface area contributed by atoms with Crippen molar-refractivity contribution in [1.29, 1.82) is 0 Å². The van der Waals surface area contributed by atoms with Gasteiger partial charge in [0.1, 0.15) is 0 Å². The van der Waals surface area contributed by atoms with Crippen molar-refractivity contribution < 1.29 is 9.47 Å². The van der Waals surface area contributed by atoms with Crippen molar-refractivity contribution in [3.63, 3.8) is 0 Å². The molecule has 8 heteroatoms. The van der Waals surface area contributed by atoms with Crippen LogP contribution < -0.4 is 4.90 Å². The van der Waals surface area contributed by atoms with Crippen LogP contribution >= 0.6 is 22.9 Å². The lowest BCUT2D eigenvalue weighted by molar-refractivity contribution is 0.0344. The topological polar surface area (TPSA) is 50.7 Å². The fourth-order valence-electron chi connectivity index (χ4n) is 3.27. The second-order valence-corrected chi connectivity index (χ2v) is 7.48. The molecule has 0 amide bonds. The van der Waals surface area contributed by atoms with Crippen molar-refractivity contribution in [1.82, 2.24) is 14.9 Å². The summed E-state index contributed by atoms with van der Waals surface area (Å²) in [5.74, 6) is 0.944. The molecule has 2 aliphatic heterocycles. The molecule has 0 aromatic carbocycles. The zero-order valence-electron chi connectivity index (χ0n) is 13.7. The van der Waals surface area contributed by atoms with Gasteiger partial charge in [0.05, 0.1) is 42.7 Å². The maximum Gasteiger partial charge on any atom is 0.224 e. The first kappa shape index (κ1) is 16.5. The summed E-state index contributed by atoms with van der Waals surface area (Å²) in [6.45, 7) is 8.84. The largest absolute Gasteiger partial charge is 0.379 e. The number of anilines is 1. The first-order valence-corrected chi connectivity index (χ1v) is 9.56. The van der Waals surface area contributed by atoms with Crippen LogP contribution in [0, 0.1) is 0 Å². The second-order valence-electron chi connectivity index (χ2n) is 6.26. The molecular weight excluding hydrogens is 348 g/mol. The molecule has 2 aliphatic rings. The molecule has 2 fully saturated rings. The molecule has 0 radical (unpaired) electrons. The third-order valence-electron chi connectivity index (χ3n) is 4.58. The van der Waals surface area contributed by atoms with Gasteiger partial charge in [-0.1, -0.05) is 0 Å². The second kappa shape index (κ2) is 7.09. The summed E-state index contributed by atoms with van der Waals surface area (Å²) >= 11 is 7.96. The lowest BCUT2D eigenvalue weighted by Crippen LogP contribution is -2.44. The number of morpholine rings is 2. The summed E-state index contributed by atoms with van der Waals surface area (Å²) in [5, 5.41) is 2.51. The average molecular weight is 369 g/mol. The Bertz CT molecular complexity index is 719. The number of nitrogens with zero attached hydrogens (tertiary/aromatic N) is 4. The van der Waals surface area contributed by atoms with Crippen molar-refractivity contribution in [2.45, 2.75) is 19.5 Å². The van der Waals surface area contributed by atoms with Gasteiger partial charge in [0.15, 0.2) is 5.82 Å². The smallest absolute Gasteiger partial charge is 0.224 e. The van der Waals surface area contributed by atoms with Crippen LogP contribution in [0.3, 0.4) is 0 Å². The minimum atomic E-state index is 0.290. The Balaban J connectivity index is 1.68. The van der Waals surface area contributed by atoms with Gasteiger partial charge in [-0.2, -0.15) is 4.98 Å². The van der Waals surface area contributed by atoms with Gasteiger partial charge in [-0.3, -0.25) is 4.90 Å². The van der Waals surface area contributed by atoms with E-state index in [1.807, 2.05) is 0 Å². The van der Waals surface area contributed by atoms with Crippen LogP contribution in [0.1, 0.15) is 12.5 Å². The zero-order valence-corrected chi connectivity index (χ0v) is 15.3. The van der Waals surface area contributed by atoms with E-state index in [1.165, 1.54) is 5.56 Å². The number of hydrogen-bond acceptors (Lipinski definition) is 7. The first-order valence-electron chi connectivity index (χ1n) is 8.30. The van der Waals surface area contributed by atoms with Crippen molar-refractivity contribution in [3.8, 4) is 0 Å². The molecule has 2 saturated heterocycles. The molecule has 0 spiro atoms. The Morgan fingerprint density at radius 2 is 2.00 bits per heavy atom. The lowest BCUT2D eigenvalue weighted by atomic mass is 10.2. The van der Waals surface area contributed by atoms with E-state index in [0.29, 0.717) is 5.28 Å². The van der Waals surface area contributed by atoms with Crippen LogP contribution in [0.15, 0.2) is 5.38 Å². The number of aromatic nitrogens is 2. The number of halogens is 1. The van der Waals surface area contributed by atoms with Gasteiger partial charge in [-0.05, 0) is 23.9 Å². The van der Waals surface area contributed by atoms with Crippen molar-refractivity contribution in [2.24, 2.45) is 0 Å². The Labute approximate surface area is 150 Å². The summed E-state index contributed by atoms with van der Waals surface area (Å²) in [4.78, 5) is 13.8. The SMILES string of the molecule is C[C@@H]1COCCN1c1nc(Cl)nc2c(CN3CCOCC3)csc12. The Morgan fingerprint density at radius 3 is 2.79 bits per heavy atom. The molecule has 2 aromatic rings. The van der Waals surface area contributed by atoms with Crippen LogP contribution in [-0.2, 0) is 16.0 Å². The highest BCUT2D eigenvalue weighted by Gasteiger charge is 2.25. The van der Waals surface area contributed by atoms with Crippen LogP contribution in [0.5, 0.6) is 0 Å². The fraction of sp³-hybridized carbons (Fsp3) is 0.625. The Morgan fingerprint density at radius 1 is 1.21 bits per heavy atom. The van der Waals surface area contributed by atoms with Gasteiger partial charge in [-0.25, -0.2) is 4.98 Å². The van der Waals surface area contributed by atoms with E-state index in [1.54, 1.807) is 11.3 Å². The van der Waals surface area contributed by atoms with Crippen LogP contribution in [0.25, 0.3) is 10.2 Å². The fourth-order valence-corrected chi connectivity index (χ4v) is 4.44. The van der Waals surface area contributed by atoms with E-state index in [2.05, 4.69) is 32.1 Å². The van der Waals surface area contributed by atoms with Gasteiger partial charge < -0.3 is 14.4 Å². The molecular formula is C16H21ClN4O2S. The zero-order chi connectivity index (χ0) is 16.5. The number of hydrogen-bond donors (Lipinski definition) is 0. The van der Waals surface area contributed by atoms with E-state index in [9.17, 15) is 0 Å². The highest BCUT2D eigenvalue weighted by atomic mass is 35.5. The van der Waals surface area contributed by atoms with Gasteiger partial charge in [0.25, 0.3) is 0 Å². The summed E-state index contributed by atoms with van der Waals surface area (Å²) in [6.07, 6.45) is 0. The highest BCUT2D eigenvalue weighted by molar-refractivity contribution is 7.18. The van der Waals surface area contributed by atoms with E-state index in [-0.39, 0.29) is 6.04 Å². The van der Waals surface area contributed by atoms with Crippen LogP contribution in [0.2, 0.25) is 5.28 Å². The molecule has 0 saturated carbocycles. The Kier molecular flexibility index (Phi) is 4.87. The van der Waals surface area contributed by atoms with Crippen LogP contribution in [0.4, 0.5) is 5.82 Å². The number of ether oxygens (including phenoxy) is 2. The predicted molar refractivity (Wildman–Crippen MR) is 96.1 cm³/mol. The van der Waals surface area contributed by atoms with Gasteiger partial charge in [-0.15, -0.1) is 11.3 Å². The predicted octanol–water partition coefficient (Wildman–Crippen LogP) is 2.40. The third kappa shape index (κ3) is 3.23. The molecule has 130 valence electrons. The van der Waals surface area contributed by atoms with E-state index >= 15 is 0 Å². The van der Waals surface area contributed by atoms with Crippen molar-refractivity contribution in [2.75, 3.05) is 51.0 Å². The Hall–Kier alpha value is -0.990. The van der Waals surface area contributed by atoms with Crippen molar-refractivity contribution in [3.05, 3.63) is 16.2 Å². The summed E-state index contributed by atoms with van der Waals surface area (Å²) in [5.41, 5.74) is 2.21. The van der Waals surface area contributed by atoms with Gasteiger partial charge in [0.2, 0.25) is 5.28 Å². The van der Waals surface area contributed by atoms with E-state index in [0.717, 1.165) is 68.6 Å². The van der Waals surface area contributed by atoms with Crippen molar-refractivity contribution >= 4 is 39.0 Å². The third-order valence-corrected chi connectivity index (χ3v) is 5.76. The van der Waals surface area contributed by atoms with Crippen LogP contribution in [-0.4, -0.2) is 67.0 Å². The first-order chi connectivity index (χ1) is 11.7. The molecule has 0 aliphatic carbocycles. The molecule has 6 nitrogen and oxygen atoms in total. The highest BCUT2D eigenvalue weighted by Crippen LogP contribution is 2.35. The molecule has 4 heterocycles. The molecule has 0 unspecified atom stereocenters.